The van der Waals surface area contributed by atoms with Gasteiger partial charge in [0.15, 0.2) is 0 Å². The summed E-state index contributed by atoms with van der Waals surface area (Å²) in [6.07, 6.45) is 0.153. The van der Waals surface area contributed by atoms with Crippen LogP contribution in [0.15, 0.2) is 0 Å². The van der Waals surface area contributed by atoms with Gasteiger partial charge in [0.25, 0.3) is 0 Å². The average molecular weight is 275 g/mol. The second kappa shape index (κ2) is 7.63. The zero-order valence-electron chi connectivity index (χ0n) is 11.2. The molecule has 1 fully saturated rings. The number of hydrogen-bond donors (Lipinski definition) is 0. The van der Waals surface area contributed by atoms with Crippen molar-refractivity contribution < 1.29 is 19.1 Å². The van der Waals surface area contributed by atoms with Gasteiger partial charge in [0.2, 0.25) is 5.91 Å². The molecule has 0 aliphatic carbocycles. The van der Waals surface area contributed by atoms with Gasteiger partial charge in [-0.3, -0.25) is 9.59 Å². The van der Waals surface area contributed by atoms with Crippen molar-refractivity contribution in [2.45, 2.75) is 33.0 Å². The minimum atomic E-state index is -0.265. The highest BCUT2D eigenvalue weighted by molar-refractivity contribution is 8.00. The molecule has 0 N–H and O–H groups in total. The lowest BCUT2D eigenvalue weighted by Crippen LogP contribution is -2.48. The summed E-state index contributed by atoms with van der Waals surface area (Å²) in [6.45, 7) is 7.33. The van der Waals surface area contributed by atoms with Crippen molar-refractivity contribution in [2.24, 2.45) is 0 Å². The Kier molecular flexibility index (Phi) is 6.49. The number of nitrogens with zero attached hydrogens (tertiary/aromatic N) is 1. The molecule has 5 nitrogen and oxygen atoms in total. The van der Waals surface area contributed by atoms with Gasteiger partial charge in [-0.25, -0.2) is 0 Å². The Morgan fingerprint density at radius 3 is 2.44 bits per heavy atom. The van der Waals surface area contributed by atoms with Crippen LogP contribution in [0.4, 0.5) is 0 Å². The van der Waals surface area contributed by atoms with Gasteiger partial charge in [0.05, 0.1) is 30.3 Å². The summed E-state index contributed by atoms with van der Waals surface area (Å²) in [7, 11) is 0. The van der Waals surface area contributed by atoms with Crippen LogP contribution < -0.4 is 0 Å². The van der Waals surface area contributed by atoms with Gasteiger partial charge < -0.3 is 14.4 Å². The van der Waals surface area contributed by atoms with Crippen LogP contribution in [0.2, 0.25) is 0 Å². The lowest BCUT2D eigenvalue weighted by Gasteiger charge is -2.35. The standard InChI is InChI=1S/C12H21NO4S/c1-4-16-12(15)8-18-7-11(14)13-5-9(2)17-10(3)6-13/h9-10H,4-8H2,1-3H3/t9-,10-/m0/s1. The number of morpholine rings is 1. The van der Waals surface area contributed by atoms with Gasteiger partial charge in [-0.15, -0.1) is 11.8 Å². The summed E-state index contributed by atoms with van der Waals surface area (Å²) in [5.41, 5.74) is 0. The van der Waals surface area contributed by atoms with Crippen LogP contribution in [-0.4, -0.2) is 60.2 Å². The number of carbonyl (C=O) groups is 2. The van der Waals surface area contributed by atoms with Crippen molar-refractivity contribution in [1.29, 1.82) is 0 Å². The maximum atomic E-state index is 11.9. The van der Waals surface area contributed by atoms with Crippen molar-refractivity contribution in [3.05, 3.63) is 0 Å². The number of thioether (sulfide) groups is 1. The van der Waals surface area contributed by atoms with E-state index in [2.05, 4.69) is 0 Å². The smallest absolute Gasteiger partial charge is 0.315 e. The van der Waals surface area contributed by atoms with Crippen LogP contribution in [-0.2, 0) is 19.1 Å². The topological polar surface area (TPSA) is 55.8 Å². The highest BCUT2D eigenvalue weighted by atomic mass is 32.2. The number of esters is 1. The molecule has 0 saturated carbocycles. The van der Waals surface area contributed by atoms with E-state index in [1.807, 2.05) is 13.8 Å². The number of carbonyl (C=O) groups excluding carboxylic acids is 2. The minimum Gasteiger partial charge on any atom is -0.465 e. The van der Waals surface area contributed by atoms with E-state index in [4.69, 9.17) is 9.47 Å². The molecule has 18 heavy (non-hydrogen) atoms. The molecule has 1 rings (SSSR count). The summed E-state index contributed by atoms with van der Waals surface area (Å²) in [6, 6.07) is 0. The summed E-state index contributed by atoms with van der Waals surface area (Å²) >= 11 is 1.30. The maximum absolute atomic E-state index is 11.9. The van der Waals surface area contributed by atoms with Gasteiger partial charge in [-0.1, -0.05) is 0 Å². The molecule has 1 aliphatic heterocycles. The van der Waals surface area contributed by atoms with Crippen LogP contribution in [0, 0.1) is 0 Å². The molecule has 104 valence electrons. The van der Waals surface area contributed by atoms with Crippen molar-refractivity contribution in [3.8, 4) is 0 Å². The van der Waals surface area contributed by atoms with Crippen molar-refractivity contribution in [3.63, 3.8) is 0 Å². The predicted octanol–water partition coefficient (Wildman–Crippen LogP) is 0.919. The fourth-order valence-electron chi connectivity index (χ4n) is 1.90. The molecule has 1 saturated heterocycles. The molecule has 0 aromatic heterocycles. The number of hydrogen-bond acceptors (Lipinski definition) is 5. The van der Waals surface area contributed by atoms with E-state index < -0.39 is 0 Å². The summed E-state index contributed by atoms with van der Waals surface area (Å²) in [4.78, 5) is 24.8. The molecule has 1 heterocycles. The molecule has 1 aliphatic rings. The fraction of sp³-hybridized carbons (Fsp3) is 0.833. The number of rotatable bonds is 5. The Balaban J connectivity index is 2.25. The van der Waals surface area contributed by atoms with Crippen molar-refractivity contribution in [2.75, 3.05) is 31.2 Å². The first-order valence-corrected chi connectivity index (χ1v) is 7.35. The van der Waals surface area contributed by atoms with Crippen molar-refractivity contribution >= 4 is 23.6 Å². The van der Waals surface area contributed by atoms with E-state index in [9.17, 15) is 9.59 Å². The van der Waals surface area contributed by atoms with Gasteiger partial charge in [0.1, 0.15) is 0 Å². The molecule has 0 bridgehead atoms. The monoisotopic (exact) mass is 275 g/mol. The average Bonchev–Trinajstić information content (AvgIpc) is 2.27. The molecule has 2 atom stereocenters. The van der Waals surface area contributed by atoms with E-state index in [0.29, 0.717) is 25.4 Å². The second-order valence-electron chi connectivity index (χ2n) is 4.35. The van der Waals surface area contributed by atoms with Gasteiger partial charge in [-0.2, -0.15) is 0 Å². The number of ether oxygens (including phenoxy) is 2. The molecular weight excluding hydrogens is 254 g/mol. The van der Waals surface area contributed by atoms with Gasteiger partial charge >= 0.3 is 5.97 Å². The summed E-state index contributed by atoms with van der Waals surface area (Å²) < 4.78 is 10.4. The van der Waals surface area contributed by atoms with E-state index >= 15 is 0 Å². The molecule has 6 heteroatoms. The fourth-order valence-corrected chi connectivity index (χ4v) is 2.61. The van der Waals surface area contributed by atoms with Crippen LogP contribution in [0.25, 0.3) is 0 Å². The molecule has 0 aromatic carbocycles. The number of amides is 1. The van der Waals surface area contributed by atoms with Crippen molar-refractivity contribution in [1.82, 2.24) is 4.90 Å². The minimum absolute atomic E-state index is 0.0614. The molecular formula is C12H21NO4S. The maximum Gasteiger partial charge on any atom is 0.315 e. The Hall–Kier alpha value is -0.750. The molecule has 0 radical (unpaired) electrons. The molecule has 0 aromatic rings. The van der Waals surface area contributed by atoms with E-state index in [-0.39, 0.29) is 29.8 Å². The summed E-state index contributed by atoms with van der Waals surface area (Å²) in [5.74, 6) is 0.345. The zero-order chi connectivity index (χ0) is 13.5. The Morgan fingerprint density at radius 1 is 1.28 bits per heavy atom. The quantitative estimate of drug-likeness (QED) is 0.698. The molecule has 0 unspecified atom stereocenters. The SMILES string of the molecule is CCOC(=O)CSCC(=O)N1C[C@H](C)O[C@@H](C)C1. The van der Waals surface area contributed by atoms with Gasteiger partial charge in [0, 0.05) is 13.1 Å². The lowest BCUT2D eigenvalue weighted by atomic mass is 10.2. The third kappa shape index (κ3) is 5.27. The van der Waals surface area contributed by atoms with Crippen LogP contribution in [0.5, 0.6) is 0 Å². The Bertz CT molecular complexity index is 288. The van der Waals surface area contributed by atoms with Gasteiger partial charge in [-0.05, 0) is 20.8 Å². The first kappa shape index (κ1) is 15.3. The van der Waals surface area contributed by atoms with Crippen LogP contribution in [0.1, 0.15) is 20.8 Å². The third-order valence-corrected chi connectivity index (χ3v) is 3.41. The Morgan fingerprint density at radius 2 is 1.89 bits per heavy atom. The van der Waals surface area contributed by atoms with E-state index in [0.717, 1.165) is 0 Å². The largest absolute Gasteiger partial charge is 0.465 e. The highest BCUT2D eigenvalue weighted by Gasteiger charge is 2.25. The van der Waals surface area contributed by atoms with E-state index in [1.54, 1.807) is 11.8 Å². The highest BCUT2D eigenvalue weighted by Crippen LogP contribution is 2.12. The van der Waals surface area contributed by atoms with Crippen LogP contribution in [0.3, 0.4) is 0 Å². The third-order valence-electron chi connectivity index (χ3n) is 2.52. The predicted molar refractivity (Wildman–Crippen MR) is 70.5 cm³/mol. The van der Waals surface area contributed by atoms with E-state index in [1.165, 1.54) is 11.8 Å². The zero-order valence-corrected chi connectivity index (χ0v) is 12.0. The second-order valence-corrected chi connectivity index (χ2v) is 5.34. The molecule has 1 amide bonds. The van der Waals surface area contributed by atoms with Crippen LogP contribution >= 0.6 is 11.8 Å². The first-order chi connectivity index (χ1) is 8.52. The molecule has 0 spiro atoms. The normalized spacial score (nSPS) is 23.8. The Labute approximate surface area is 112 Å². The lowest BCUT2D eigenvalue weighted by molar-refractivity contribution is -0.140. The first-order valence-electron chi connectivity index (χ1n) is 6.19. The summed E-state index contributed by atoms with van der Waals surface area (Å²) in [5, 5.41) is 0.